The first kappa shape index (κ1) is 19.7. The van der Waals surface area contributed by atoms with Crippen molar-refractivity contribution in [1.29, 1.82) is 0 Å². The summed E-state index contributed by atoms with van der Waals surface area (Å²) in [5.74, 6) is 0.379. The minimum atomic E-state index is -0.291. The fourth-order valence-corrected chi connectivity index (χ4v) is 4.76. The summed E-state index contributed by atoms with van der Waals surface area (Å²) in [6.45, 7) is 4.60. The highest BCUT2D eigenvalue weighted by Crippen LogP contribution is 2.31. The molecule has 1 aliphatic heterocycles. The average molecular weight is 415 g/mol. The standard InChI is InChI=1S/C21H23FN4O2S/c1-2-23-20(27)14-4-3-9-26(11-14)12-18-24-16-10-17(29-19(16)21(28)25-18)13-5-7-15(22)8-6-13/h5-8,10,14H,2-4,9,11-12H2,1H3,(H,23,27)(H,24,25,28)/t14-/m0/s1. The maximum atomic E-state index is 13.2. The number of likely N-dealkylation sites (tertiary alicyclic amines) is 1. The molecule has 152 valence electrons. The van der Waals surface area contributed by atoms with E-state index in [-0.39, 0.29) is 23.2 Å². The molecular weight excluding hydrogens is 391 g/mol. The van der Waals surface area contributed by atoms with Crippen LogP contribution in [0.25, 0.3) is 20.7 Å². The first-order valence-electron chi connectivity index (χ1n) is 9.82. The van der Waals surface area contributed by atoms with E-state index in [0.29, 0.717) is 35.7 Å². The highest BCUT2D eigenvalue weighted by molar-refractivity contribution is 7.22. The molecule has 0 unspecified atom stereocenters. The summed E-state index contributed by atoms with van der Waals surface area (Å²) in [5, 5.41) is 2.89. The van der Waals surface area contributed by atoms with Crippen LogP contribution in [0, 0.1) is 11.7 Å². The average Bonchev–Trinajstić information content (AvgIpc) is 3.14. The smallest absolute Gasteiger partial charge is 0.268 e. The van der Waals surface area contributed by atoms with Crippen LogP contribution >= 0.6 is 11.3 Å². The number of benzene rings is 1. The Kier molecular flexibility index (Phi) is 5.73. The number of H-pyrrole nitrogens is 1. The third-order valence-electron chi connectivity index (χ3n) is 5.16. The third kappa shape index (κ3) is 4.38. The molecule has 0 radical (unpaired) electrons. The number of hydrogen-bond acceptors (Lipinski definition) is 5. The summed E-state index contributed by atoms with van der Waals surface area (Å²) in [7, 11) is 0. The van der Waals surface area contributed by atoms with Crippen molar-refractivity contribution >= 4 is 27.5 Å². The van der Waals surface area contributed by atoms with Crippen molar-refractivity contribution in [3.8, 4) is 10.4 Å². The van der Waals surface area contributed by atoms with Crippen molar-refractivity contribution in [3.05, 3.63) is 52.3 Å². The zero-order valence-electron chi connectivity index (χ0n) is 16.2. The van der Waals surface area contributed by atoms with Crippen LogP contribution in [0.2, 0.25) is 0 Å². The molecule has 0 saturated carbocycles. The number of amides is 1. The third-order valence-corrected chi connectivity index (χ3v) is 6.33. The fraction of sp³-hybridized carbons (Fsp3) is 0.381. The molecule has 8 heteroatoms. The predicted molar refractivity (Wildman–Crippen MR) is 112 cm³/mol. The second kappa shape index (κ2) is 8.42. The number of aromatic amines is 1. The SMILES string of the molecule is CCNC(=O)[C@H]1CCCN(Cc2nc3cc(-c4ccc(F)cc4)sc3c(=O)[nH]2)C1. The van der Waals surface area contributed by atoms with Crippen molar-refractivity contribution < 1.29 is 9.18 Å². The maximum absolute atomic E-state index is 13.2. The first-order valence-corrected chi connectivity index (χ1v) is 10.6. The summed E-state index contributed by atoms with van der Waals surface area (Å²) >= 11 is 1.35. The Morgan fingerprint density at radius 2 is 2.17 bits per heavy atom. The summed E-state index contributed by atoms with van der Waals surface area (Å²) < 4.78 is 13.7. The van der Waals surface area contributed by atoms with E-state index in [2.05, 4.69) is 20.2 Å². The molecule has 1 aliphatic rings. The van der Waals surface area contributed by atoms with Crippen LogP contribution in [-0.2, 0) is 11.3 Å². The van der Waals surface area contributed by atoms with E-state index >= 15 is 0 Å². The summed E-state index contributed by atoms with van der Waals surface area (Å²) in [6.07, 6.45) is 1.83. The van der Waals surface area contributed by atoms with Gasteiger partial charge in [0.05, 0.1) is 18.0 Å². The lowest BCUT2D eigenvalue weighted by molar-refractivity contribution is -0.126. The van der Waals surface area contributed by atoms with Crippen molar-refractivity contribution in [2.45, 2.75) is 26.3 Å². The number of hydrogen-bond donors (Lipinski definition) is 2. The molecule has 29 heavy (non-hydrogen) atoms. The Morgan fingerprint density at radius 3 is 2.93 bits per heavy atom. The van der Waals surface area contributed by atoms with Crippen molar-refractivity contribution in [1.82, 2.24) is 20.2 Å². The number of piperidine rings is 1. The van der Waals surface area contributed by atoms with E-state index in [1.54, 1.807) is 12.1 Å². The quantitative estimate of drug-likeness (QED) is 0.672. The second-order valence-corrected chi connectivity index (χ2v) is 8.37. The Hall–Kier alpha value is -2.58. The molecule has 2 N–H and O–H groups in total. The van der Waals surface area contributed by atoms with Crippen LogP contribution in [0.15, 0.2) is 35.1 Å². The highest BCUT2D eigenvalue weighted by Gasteiger charge is 2.26. The Labute approximate surface area is 171 Å². The van der Waals surface area contributed by atoms with Gasteiger partial charge in [-0.25, -0.2) is 9.37 Å². The molecule has 1 aromatic carbocycles. The molecule has 3 heterocycles. The molecule has 6 nitrogen and oxygen atoms in total. The maximum Gasteiger partial charge on any atom is 0.268 e. The van der Waals surface area contributed by atoms with E-state index in [0.717, 1.165) is 29.8 Å². The molecule has 1 atom stereocenters. The number of fused-ring (bicyclic) bond motifs is 1. The van der Waals surface area contributed by atoms with Crippen molar-refractivity contribution in [2.75, 3.05) is 19.6 Å². The van der Waals surface area contributed by atoms with Crippen LogP contribution in [-0.4, -0.2) is 40.4 Å². The number of thiophene rings is 1. The number of halogens is 1. The first-order chi connectivity index (χ1) is 14.0. The van der Waals surface area contributed by atoms with E-state index in [4.69, 9.17) is 0 Å². The molecule has 4 rings (SSSR count). The topological polar surface area (TPSA) is 78.1 Å². The number of rotatable bonds is 5. The van der Waals surface area contributed by atoms with Gasteiger partial charge in [-0.15, -0.1) is 11.3 Å². The highest BCUT2D eigenvalue weighted by atomic mass is 32.1. The minimum absolute atomic E-state index is 0.0228. The van der Waals surface area contributed by atoms with Crippen molar-refractivity contribution in [2.24, 2.45) is 5.92 Å². The number of carbonyl (C=O) groups excluding carboxylic acids is 1. The Bertz CT molecular complexity index is 1080. The van der Waals surface area contributed by atoms with Gasteiger partial charge in [-0.2, -0.15) is 0 Å². The van der Waals surface area contributed by atoms with Crippen LogP contribution in [0.5, 0.6) is 0 Å². The van der Waals surface area contributed by atoms with E-state index in [9.17, 15) is 14.0 Å². The Balaban J connectivity index is 1.54. The zero-order valence-corrected chi connectivity index (χ0v) is 17.0. The monoisotopic (exact) mass is 414 g/mol. The van der Waals surface area contributed by atoms with Gasteiger partial charge in [0.15, 0.2) is 0 Å². The van der Waals surface area contributed by atoms with Gasteiger partial charge in [-0.3, -0.25) is 14.5 Å². The summed E-state index contributed by atoms with van der Waals surface area (Å²) in [6, 6.07) is 8.09. The van der Waals surface area contributed by atoms with Gasteiger partial charge in [-0.1, -0.05) is 12.1 Å². The van der Waals surface area contributed by atoms with E-state index < -0.39 is 0 Å². The fourth-order valence-electron chi connectivity index (χ4n) is 3.76. The largest absolute Gasteiger partial charge is 0.356 e. The van der Waals surface area contributed by atoms with Gasteiger partial charge < -0.3 is 10.3 Å². The molecular formula is C21H23FN4O2S. The molecule has 1 saturated heterocycles. The molecule has 1 amide bonds. The summed E-state index contributed by atoms with van der Waals surface area (Å²) in [4.78, 5) is 35.3. The number of aromatic nitrogens is 2. The van der Waals surface area contributed by atoms with Crippen LogP contribution < -0.4 is 10.9 Å². The van der Waals surface area contributed by atoms with Gasteiger partial charge in [0.25, 0.3) is 5.56 Å². The van der Waals surface area contributed by atoms with Crippen molar-refractivity contribution in [3.63, 3.8) is 0 Å². The van der Waals surface area contributed by atoms with Crippen LogP contribution in [0.1, 0.15) is 25.6 Å². The molecule has 3 aromatic rings. The van der Waals surface area contributed by atoms with Crippen LogP contribution in [0.3, 0.4) is 0 Å². The zero-order chi connectivity index (χ0) is 20.4. The van der Waals surface area contributed by atoms with Gasteiger partial charge in [0, 0.05) is 18.0 Å². The van der Waals surface area contributed by atoms with E-state index in [1.807, 2.05) is 13.0 Å². The molecule has 0 aliphatic carbocycles. The molecule has 0 bridgehead atoms. The predicted octanol–water partition coefficient (Wildman–Crippen LogP) is 3.14. The number of nitrogens with zero attached hydrogens (tertiary/aromatic N) is 2. The lowest BCUT2D eigenvalue weighted by Crippen LogP contribution is -2.43. The van der Waals surface area contributed by atoms with Gasteiger partial charge in [0.2, 0.25) is 5.91 Å². The lowest BCUT2D eigenvalue weighted by atomic mass is 9.97. The number of carbonyl (C=O) groups is 1. The van der Waals surface area contributed by atoms with Gasteiger partial charge in [0.1, 0.15) is 16.3 Å². The van der Waals surface area contributed by atoms with Gasteiger partial charge in [-0.05, 0) is 50.1 Å². The Morgan fingerprint density at radius 1 is 1.38 bits per heavy atom. The summed E-state index contributed by atoms with van der Waals surface area (Å²) in [5.41, 5.74) is 1.34. The molecule has 1 fully saturated rings. The normalized spacial score (nSPS) is 17.5. The minimum Gasteiger partial charge on any atom is -0.356 e. The lowest BCUT2D eigenvalue weighted by Gasteiger charge is -2.31. The molecule has 0 spiro atoms. The van der Waals surface area contributed by atoms with E-state index in [1.165, 1.54) is 23.5 Å². The molecule has 2 aromatic heterocycles. The van der Waals surface area contributed by atoms with Crippen LogP contribution in [0.4, 0.5) is 4.39 Å². The van der Waals surface area contributed by atoms with Gasteiger partial charge >= 0.3 is 0 Å². The second-order valence-electron chi connectivity index (χ2n) is 7.31. The number of nitrogens with one attached hydrogen (secondary N) is 2.